The molecule has 1 saturated heterocycles. The maximum atomic E-state index is 15.3. The van der Waals surface area contributed by atoms with Crippen molar-refractivity contribution >= 4 is 28.9 Å². The highest BCUT2D eigenvalue weighted by Crippen LogP contribution is 2.36. The normalized spacial score (nSPS) is 15.8. The quantitative estimate of drug-likeness (QED) is 0.285. The maximum absolute atomic E-state index is 15.3. The first kappa shape index (κ1) is 23.1. The Morgan fingerprint density at radius 1 is 1.14 bits per heavy atom. The summed E-state index contributed by atoms with van der Waals surface area (Å²) in [6.45, 7) is 2.75. The van der Waals surface area contributed by atoms with Crippen molar-refractivity contribution in [2.45, 2.75) is 38.2 Å². The van der Waals surface area contributed by atoms with Crippen LogP contribution in [0.5, 0.6) is 0 Å². The first-order valence-corrected chi connectivity index (χ1v) is 11.4. The Morgan fingerprint density at radius 3 is 2.60 bits per heavy atom. The predicted octanol–water partition coefficient (Wildman–Crippen LogP) is 5.61. The lowest BCUT2D eigenvalue weighted by Crippen LogP contribution is -2.31. The zero-order chi connectivity index (χ0) is 24.7. The number of nitrogens with one attached hydrogen (secondary N) is 1. The lowest BCUT2D eigenvalue weighted by Gasteiger charge is -2.30. The molecule has 5 rings (SSSR count). The number of amides is 1. The summed E-state index contributed by atoms with van der Waals surface area (Å²) >= 11 is 0. The van der Waals surface area contributed by atoms with Crippen LogP contribution in [0.15, 0.2) is 42.7 Å². The van der Waals surface area contributed by atoms with Crippen molar-refractivity contribution in [3.05, 3.63) is 71.1 Å². The summed E-state index contributed by atoms with van der Waals surface area (Å²) in [6.07, 6.45) is 2.35. The number of carbonyl (C=O) groups excluding carboxylic acids is 1. The van der Waals surface area contributed by atoms with Crippen molar-refractivity contribution in [3.8, 4) is 0 Å². The summed E-state index contributed by atoms with van der Waals surface area (Å²) in [5.41, 5.74) is 0.453. The van der Waals surface area contributed by atoms with Crippen LogP contribution in [0, 0.1) is 11.6 Å². The summed E-state index contributed by atoms with van der Waals surface area (Å²) in [6, 6.07) is 6.36. The van der Waals surface area contributed by atoms with E-state index in [1.54, 1.807) is 34.7 Å². The third-order valence-corrected chi connectivity index (χ3v) is 6.69. The first-order chi connectivity index (χ1) is 16.9. The minimum absolute atomic E-state index is 0.0699. The summed E-state index contributed by atoms with van der Waals surface area (Å²) in [5, 5.41) is 3.73. The van der Waals surface area contributed by atoms with Crippen LogP contribution >= 0.6 is 0 Å². The van der Waals surface area contributed by atoms with E-state index in [4.69, 9.17) is 0 Å². The molecule has 0 aliphatic carbocycles. The van der Waals surface area contributed by atoms with Gasteiger partial charge < -0.3 is 10.2 Å². The van der Waals surface area contributed by atoms with Gasteiger partial charge in [0.05, 0.1) is 17.1 Å². The number of piperidine rings is 1. The molecule has 1 unspecified atom stereocenters. The van der Waals surface area contributed by atoms with Gasteiger partial charge in [0.1, 0.15) is 17.5 Å². The van der Waals surface area contributed by atoms with Crippen LogP contribution < -0.4 is 5.32 Å². The monoisotopic (exact) mass is 485 g/mol. The second kappa shape index (κ2) is 9.16. The maximum Gasteiger partial charge on any atom is 0.266 e. The number of likely N-dealkylation sites (tertiary alicyclic amines) is 1. The molecule has 1 amide bonds. The van der Waals surface area contributed by atoms with Gasteiger partial charge in [-0.1, -0.05) is 18.2 Å². The van der Waals surface area contributed by atoms with Crippen molar-refractivity contribution in [1.82, 2.24) is 19.3 Å². The topological polar surface area (TPSA) is 62.5 Å². The summed E-state index contributed by atoms with van der Waals surface area (Å²) in [5.74, 6) is -0.736. The minimum Gasteiger partial charge on any atom is -0.363 e. The number of hydrogen-bond donors (Lipinski definition) is 1. The molecule has 1 atom stereocenters. The lowest BCUT2D eigenvalue weighted by atomic mass is 9.88. The van der Waals surface area contributed by atoms with E-state index >= 15 is 4.39 Å². The lowest BCUT2D eigenvalue weighted by molar-refractivity contribution is -0.119. The van der Waals surface area contributed by atoms with Crippen LogP contribution in [0.3, 0.4) is 0 Å². The van der Waals surface area contributed by atoms with Gasteiger partial charge in [-0.15, -0.1) is 0 Å². The molecule has 1 fully saturated rings. The number of rotatable bonds is 6. The van der Waals surface area contributed by atoms with Crippen LogP contribution in [0.25, 0.3) is 16.7 Å². The van der Waals surface area contributed by atoms with E-state index in [1.807, 2.05) is 0 Å². The summed E-state index contributed by atoms with van der Waals surface area (Å²) in [4.78, 5) is 21.5. The Balaban J connectivity index is 1.58. The third kappa shape index (κ3) is 4.17. The molecule has 182 valence electrons. The van der Waals surface area contributed by atoms with Gasteiger partial charge in [0.25, 0.3) is 6.43 Å². The molecule has 6 nitrogen and oxygen atoms in total. The number of halogens is 4. The van der Waals surface area contributed by atoms with E-state index < -0.39 is 23.8 Å². The predicted molar refractivity (Wildman–Crippen MR) is 123 cm³/mol. The van der Waals surface area contributed by atoms with E-state index in [-0.39, 0.29) is 17.3 Å². The van der Waals surface area contributed by atoms with Crippen LogP contribution in [-0.4, -0.2) is 38.8 Å². The number of benzene rings is 2. The van der Waals surface area contributed by atoms with Gasteiger partial charge in [-0.05, 0) is 43.4 Å². The number of nitrogens with zero attached hydrogens (tertiary/aromatic N) is 4. The highest BCUT2D eigenvalue weighted by atomic mass is 19.3. The molecule has 0 spiro atoms. The second-order valence-electron chi connectivity index (χ2n) is 8.78. The average Bonchev–Trinajstić information content (AvgIpc) is 3.32. The van der Waals surface area contributed by atoms with E-state index in [1.165, 1.54) is 18.2 Å². The average molecular weight is 485 g/mol. The van der Waals surface area contributed by atoms with Gasteiger partial charge in [0.2, 0.25) is 12.2 Å². The fourth-order valence-electron chi connectivity index (χ4n) is 4.79. The van der Waals surface area contributed by atoms with Gasteiger partial charge in [-0.3, -0.25) is 9.20 Å². The van der Waals surface area contributed by atoms with Crippen molar-refractivity contribution in [2.75, 3.05) is 18.4 Å². The zero-order valence-electron chi connectivity index (χ0n) is 18.9. The molecule has 1 N–H and O–H groups in total. The number of imidazole rings is 1. The van der Waals surface area contributed by atoms with Crippen molar-refractivity contribution in [2.24, 2.45) is 0 Å². The standard InChI is InChI=1S/C25H23F4N5O/c1-14(16-3-2-4-17(22(16)27)23(28)29)31-24-19-11-18(15-5-8-33(13-35)9-6-15)20(26)12-21(19)34-10-7-30-25(34)32-24/h2-4,7,10-15,23H,5-6,8-9H2,1H3,(H,30,31,32). The number of aromatic nitrogens is 3. The molecule has 2 aromatic heterocycles. The van der Waals surface area contributed by atoms with E-state index in [0.29, 0.717) is 54.0 Å². The molecule has 0 saturated carbocycles. The van der Waals surface area contributed by atoms with Crippen LogP contribution in [0.1, 0.15) is 54.8 Å². The Kier molecular flexibility index (Phi) is 6.04. The molecule has 35 heavy (non-hydrogen) atoms. The number of hydrogen-bond acceptors (Lipinski definition) is 4. The van der Waals surface area contributed by atoms with E-state index in [9.17, 15) is 18.0 Å². The minimum atomic E-state index is -2.93. The molecule has 4 aromatic rings. The largest absolute Gasteiger partial charge is 0.363 e. The van der Waals surface area contributed by atoms with E-state index in [2.05, 4.69) is 15.3 Å². The molecule has 10 heteroatoms. The smallest absolute Gasteiger partial charge is 0.266 e. The molecule has 0 bridgehead atoms. The number of carbonyl (C=O) groups is 1. The Hall–Kier alpha value is -3.69. The summed E-state index contributed by atoms with van der Waals surface area (Å²) in [7, 11) is 0. The number of alkyl halides is 2. The van der Waals surface area contributed by atoms with Crippen molar-refractivity contribution in [3.63, 3.8) is 0 Å². The molecule has 1 aliphatic rings. The second-order valence-corrected chi connectivity index (χ2v) is 8.78. The Bertz CT molecular complexity index is 1400. The molecular weight excluding hydrogens is 462 g/mol. The number of fused-ring (bicyclic) bond motifs is 3. The highest BCUT2D eigenvalue weighted by molar-refractivity contribution is 5.92. The fourth-order valence-corrected chi connectivity index (χ4v) is 4.79. The van der Waals surface area contributed by atoms with Crippen LogP contribution in [0.2, 0.25) is 0 Å². The van der Waals surface area contributed by atoms with Crippen molar-refractivity contribution in [1.29, 1.82) is 0 Å². The van der Waals surface area contributed by atoms with Gasteiger partial charge >= 0.3 is 0 Å². The van der Waals surface area contributed by atoms with Crippen molar-refractivity contribution < 1.29 is 22.4 Å². The molecular formula is C25H23F4N5O. The summed E-state index contributed by atoms with van der Waals surface area (Å²) < 4.78 is 58.1. The van der Waals surface area contributed by atoms with Gasteiger partial charge in [-0.2, -0.15) is 4.98 Å². The highest BCUT2D eigenvalue weighted by Gasteiger charge is 2.25. The molecule has 3 heterocycles. The molecule has 2 aromatic carbocycles. The zero-order valence-corrected chi connectivity index (χ0v) is 18.9. The Morgan fingerprint density at radius 2 is 1.89 bits per heavy atom. The van der Waals surface area contributed by atoms with Crippen LogP contribution in [0.4, 0.5) is 23.4 Å². The Labute approximate surface area is 198 Å². The SMILES string of the molecule is CC(Nc1nc2nccn2c2cc(F)c(C3CCN(C=O)CC3)cc12)c1cccc(C(F)F)c1F. The van der Waals surface area contributed by atoms with Gasteiger partial charge in [0, 0.05) is 36.4 Å². The molecule has 1 aliphatic heterocycles. The fraction of sp³-hybridized carbons (Fsp3) is 0.320. The first-order valence-electron chi connectivity index (χ1n) is 11.4. The third-order valence-electron chi connectivity index (χ3n) is 6.69. The molecule has 0 radical (unpaired) electrons. The van der Waals surface area contributed by atoms with Gasteiger partial charge in [0.15, 0.2) is 0 Å². The number of anilines is 1. The van der Waals surface area contributed by atoms with Gasteiger partial charge in [-0.25, -0.2) is 22.5 Å². The van der Waals surface area contributed by atoms with Crippen LogP contribution in [-0.2, 0) is 4.79 Å². The van der Waals surface area contributed by atoms with E-state index in [0.717, 1.165) is 12.5 Å².